The van der Waals surface area contributed by atoms with Crippen LogP contribution in [0.1, 0.15) is 6.42 Å². The van der Waals surface area contributed by atoms with Gasteiger partial charge in [-0.1, -0.05) is 0 Å². The minimum atomic E-state index is -0.0897. The van der Waals surface area contributed by atoms with Gasteiger partial charge in [-0.05, 0) is 11.5 Å². The summed E-state index contributed by atoms with van der Waals surface area (Å²) in [5.41, 5.74) is 0. The highest BCUT2D eigenvalue weighted by atomic mass is 32.2. The number of thioether (sulfide) groups is 2. The molecule has 0 aromatic carbocycles. The van der Waals surface area contributed by atoms with Crippen LogP contribution in [-0.2, 0) is 9.53 Å². The van der Waals surface area contributed by atoms with Gasteiger partial charge in [-0.3, -0.25) is 4.79 Å². The number of hydrogen-bond acceptors (Lipinski definition) is 6. The molecule has 6 heteroatoms. The second-order valence-electron chi connectivity index (χ2n) is 2.64. The summed E-state index contributed by atoms with van der Waals surface area (Å²) in [7, 11) is 0. The van der Waals surface area contributed by atoms with E-state index in [2.05, 4.69) is 25.3 Å². The molecular weight excluding hydrogens is 268 g/mol. The highest BCUT2D eigenvalue weighted by Gasteiger charge is 2.01. The number of rotatable bonds is 10. The highest BCUT2D eigenvalue weighted by Crippen LogP contribution is 2.04. The molecule has 0 rings (SSSR count). The number of thiol groups is 2. The maximum Gasteiger partial charge on any atom is 0.306 e. The van der Waals surface area contributed by atoms with E-state index in [4.69, 9.17) is 4.74 Å². The molecule has 90 valence electrons. The SMILES string of the molecule is O=C(CCSCCS)OCCSCCS. The fraction of sp³-hybridized carbons (Fsp3) is 0.889. The van der Waals surface area contributed by atoms with Crippen molar-refractivity contribution >= 4 is 54.8 Å². The first-order chi connectivity index (χ1) is 7.31. The molecule has 0 bridgehead atoms. The number of ether oxygens (including phenoxy) is 1. The Morgan fingerprint density at radius 2 is 1.60 bits per heavy atom. The van der Waals surface area contributed by atoms with Crippen LogP contribution in [0.5, 0.6) is 0 Å². The Kier molecular flexibility index (Phi) is 13.7. The van der Waals surface area contributed by atoms with E-state index in [0.717, 1.165) is 34.5 Å². The van der Waals surface area contributed by atoms with Crippen molar-refractivity contribution < 1.29 is 9.53 Å². The van der Waals surface area contributed by atoms with Crippen molar-refractivity contribution in [3.05, 3.63) is 0 Å². The normalized spacial score (nSPS) is 10.3. The summed E-state index contributed by atoms with van der Waals surface area (Å²) in [6.45, 7) is 0.522. The van der Waals surface area contributed by atoms with Crippen molar-refractivity contribution in [3.63, 3.8) is 0 Å². The van der Waals surface area contributed by atoms with Gasteiger partial charge in [0, 0.05) is 23.0 Å². The molecule has 0 saturated heterocycles. The van der Waals surface area contributed by atoms with Gasteiger partial charge in [-0.15, -0.1) is 0 Å². The Balaban J connectivity index is 3.11. The molecule has 0 saturated carbocycles. The average Bonchev–Trinajstić information content (AvgIpc) is 2.24. The van der Waals surface area contributed by atoms with E-state index < -0.39 is 0 Å². The van der Waals surface area contributed by atoms with Gasteiger partial charge in [0.15, 0.2) is 0 Å². The van der Waals surface area contributed by atoms with Crippen molar-refractivity contribution in [1.82, 2.24) is 0 Å². The van der Waals surface area contributed by atoms with E-state index in [1.807, 2.05) is 0 Å². The number of carbonyl (C=O) groups is 1. The molecule has 0 N–H and O–H groups in total. The molecular formula is C9H18O2S4. The first kappa shape index (κ1) is 15.9. The van der Waals surface area contributed by atoms with Crippen LogP contribution in [0.15, 0.2) is 0 Å². The average molecular weight is 287 g/mol. The zero-order valence-electron chi connectivity index (χ0n) is 8.68. The third-order valence-electron chi connectivity index (χ3n) is 1.41. The zero-order chi connectivity index (χ0) is 11.4. The van der Waals surface area contributed by atoms with Crippen LogP contribution in [0.3, 0.4) is 0 Å². The van der Waals surface area contributed by atoms with Crippen molar-refractivity contribution in [3.8, 4) is 0 Å². The standard InChI is InChI=1S/C9H18O2S4/c10-9(1-5-14-7-3-12)11-2-6-15-8-4-13/h12-13H,1-8H2. The monoisotopic (exact) mass is 286 g/mol. The van der Waals surface area contributed by atoms with Crippen molar-refractivity contribution in [2.24, 2.45) is 0 Å². The van der Waals surface area contributed by atoms with Gasteiger partial charge in [-0.25, -0.2) is 0 Å². The minimum absolute atomic E-state index is 0.0897. The van der Waals surface area contributed by atoms with Crippen LogP contribution in [0.2, 0.25) is 0 Å². The molecule has 0 aromatic heterocycles. The minimum Gasteiger partial charge on any atom is -0.465 e. The Morgan fingerprint density at radius 3 is 2.20 bits per heavy atom. The Bertz CT molecular complexity index is 155. The third kappa shape index (κ3) is 12.8. The number of hydrogen-bond donors (Lipinski definition) is 2. The predicted molar refractivity (Wildman–Crippen MR) is 77.9 cm³/mol. The fourth-order valence-electron chi connectivity index (χ4n) is 0.775. The van der Waals surface area contributed by atoms with E-state index in [-0.39, 0.29) is 5.97 Å². The summed E-state index contributed by atoms with van der Waals surface area (Å²) < 4.78 is 5.05. The first-order valence-corrected chi connectivity index (χ1v) is 8.41. The maximum atomic E-state index is 11.2. The molecule has 0 aliphatic carbocycles. The Hall–Kier alpha value is 0.870. The van der Waals surface area contributed by atoms with Gasteiger partial charge in [0.1, 0.15) is 6.61 Å². The Morgan fingerprint density at radius 1 is 1.00 bits per heavy atom. The fourth-order valence-corrected chi connectivity index (χ4v) is 2.73. The molecule has 0 fully saturated rings. The molecule has 0 amide bonds. The summed E-state index contributed by atoms with van der Waals surface area (Å²) in [6.07, 6.45) is 0.510. The van der Waals surface area contributed by atoms with Gasteiger partial charge >= 0.3 is 5.97 Å². The van der Waals surface area contributed by atoms with E-state index in [1.54, 1.807) is 23.5 Å². The molecule has 0 radical (unpaired) electrons. The summed E-state index contributed by atoms with van der Waals surface area (Å²) in [6, 6.07) is 0. The van der Waals surface area contributed by atoms with E-state index in [9.17, 15) is 4.79 Å². The topological polar surface area (TPSA) is 26.3 Å². The summed E-state index contributed by atoms with van der Waals surface area (Å²) in [5.74, 6) is 5.36. The maximum absolute atomic E-state index is 11.2. The molecule has 0 atom stereocenters. The van der Waals surface area contributed by atoms with Crippen LogP contribution in [-0.4, -0.2) is 47.1 Å². The van der Waals surface area contributed by atoms with Gasteiger partial charge in [-0.2, -0.15) is 48.8 Å². The molecule has 0 aliphatic rings. The molecule has 0 heterocycles. The second-order valence-corrected chi connectivity index (χ2v) is 5.99. The third-order valence-corrected chi connectivity index (χ3v) is 4.40. The summed E-state index contributed by atoms with van der Waals surface area (Å²) in [4.78, 5) is 11.2. The van der Waals surface area contributed by atoms with E-state index >= 15 is 0 Å². The van der Waals surface area contributed by atoms with E-state index in [1.165, 1.54) is 0 Å². The lowest BCUT2D eigenvalue weighted by atomic mass is 10.5. The summed E-state index contributed by atoms with van der Waals surface area (Å²) in [5, 5.41) is 0. The predicted octanol–water partition coefficient (Wildman–Crippen LogP) is 2.25. The first-order valence-electron chi connectivity index (χ1n) is 4.84. The second kappa shape index (κ2) is 12.9. The quantitative estimate of drug-likeness (QED) is 0.366. The molecule has 0 aliphatic heterocycles. The highest BCUT2D eigenvalue weighted by molar-refractivity contribution is 8.00. The molecule has 0 spiro atoms. The van der Waals surface area contributed by atoms with Gasteiger partial charge in [0.25, 0.3) is 0 Å². The number of carbonyl (C=O) groups excluding carboxylic acids is 1. The van der Waals surface area contributed by atoms with Crippen molar-refractivity contribution in [2.75, 3.05) is 41.1 Å². The lowest BCUT2D eigenvalue weighted by molar-refractivity contribution is -0.142. The van der Waals surface area contributed by atoms with Gasteiger partial charge in [0.2, 0.25) is 0 Å². The van der Waals surface area contributed by atoms with Crippen molar-refractivity contribution in [1.29, 1.82) is 0 Å². The lowest BCUT2D eigenvalue weighted by Gasteiger charge is -2.03. The molecule has 15 heavy (non-hydrogen) atoms. The van der Waals surface area contributed by atoms with Crippen LogP contribution >= 0.6 is 48.8 Å². The van der Waals surface area contributed by atoms with Gasteiger partial charge < -0.3 is 4.74 Å². The van der Waals surface area contributed by atoms with Crippen LogP contribution < -0.4 is 0 Å². The van der Waals surface area contributed by atoms with Crippen molar-refractivity contribution in [2.45, 2.75) is 6.42 Å². The van der Waals surface area contributed by atoms with Crippen LogP contribution in [0, 0.1) is 0 Å². The lowest BCUT2D eigenvalue weighted by Crippen LogP contribution is -2.08. The molecule has 2 nitrogen and oxygen atoms in total. The zero-order valence-corrected chi connectivity index (χ0v) is 12.1. The number of esters is 1. The smallest absolute Gasteiger partial charge is 0.306 e. The van der Waals surface area contributed by atoms with Gasteiger partial charge in [0.05, 0.1) is 6.42 Å². The largest absolute Gasteiger partial charge is 0.465 e. The molecule has 0 aromatic rings. The van der Waals surface area contributed by atoms with Crippen LogP contribution in [0.4, 0.5) is 0 Å². The molecule has 0 unspecified atom stereocenters. The van der Waals surface area contributed by atoms with Crippen LogP contribution in [0.25, 0.3) is 0 Å². The Labute approximate surface area is 111 Å². The summed E-state index contributed by atoms with van der Waals surface area (Å²) >= 11 is 11.7. The van der Waals surface area contributed by atoms with E-state index in [0.29, 0.717) is 13.0 Å².